The smallest absolute Gasteiger partial charge is 0.260 e. The van der Waals surface area contributed by atoms with Gasteiger partial charge < -0.3 is 20.6 Å². The molecule has 0 unspecified atom stereocenters. The van der Waals surface area contributed by atoms with Gasteiger partial charge in [0.05, 0.1) is 0 Å². The van der Waals surface area contributed by atoms with Gasteiger partial charge in [0.15, 0.2) is 12.4 Å². The van der Waals surface area contributed by atoms with E-state index in [-0.39, 0.29) is 18.3 Å². The van der Waals surface area contributed by atoms with E-state index in [1.807, 2.05) is 11.8 Å². The largest absolute Gasteiger partial charge is 0.484 e. The van der Waals surface area contributed by atoms with E-state index in [0.717, 1.165) is 19.4 Å². The highest BCUT2D eigenvalue weighted by Gasteiger charge is 2.31. The zero-order chi connectivity index (χ0) is 14.5. The van der Waals surface area contributed by atoms with E-state index in [2.05, 4.69) is 5.16 Å². The maximum absolute atomic E-state index is 12.0. The Labute approximate surface area is 117 Å². The summed E-state index contributed by atoms with van der Waals surface area (Å²) in [5.41, 5.74) is 6.06. The average molecular weight is 277 g/mol. The number of likely N-dealkylation sites (N-methyl/N-ethyl adjacent to an activating group) is 1. The van der Waals surface area contributed by atoms with Crippen molar-refractivity contribution >= 4 is 11.7 Å². The van der Waals surface area contributed by atoms with Crippen molar-refractivity contribution in [3.8, 4) is 5.75 Å². The summed E-state index contributed by atoms with van der Waals surface area (Å²) in [6.07, 6.45) is 2.18. The second-order valence-corrected chi connectivity index (χ2v) is 4.71. The Morgan fingerprint density at radius 1 is 1.45 bits per heavy atom. The monoisotopic (exact) mass is 277 g/mol. The van der Waals surface area contributed by atoms with E-state index in [4.69, 9.17) is 15.7 Å². The molecule has 0 heterocycles. The summed E-state index contributed by atoms with van der Waals surface area (Å²) in [4.78, 5) is 13.8. The number of amidine groups is 1. The maximum Gasteiger partial charge on any atom is 0.260 e. The number of nitrogens with two attached hydrogens (primary N) is 1. The maximum atomic E-state index is 12.0. The molecule has 0 atom stereocenters. The van der Waals surface area contributed by atoms with Crippen molar-refractivity contribution in [3.63, 3.8) is 0 Å². The minimum absolute atomic E-state index is 0.00973. The highest BCUT2D eigenvalue weighted by atomic mass is 16.5. The van der Waals surface area contributed by atoms with Gasteiger partial charge in [-0.2, -0.15) is 0 Å². The first kappa shape index (κ1) is 14.2. The Balaban J connectivity index is 1.88. The third kappa shape index (κ3) is 3.40. The normalized spacial score (nSPS) is 14.9. The zero-order valence-electron chi connectivity index (χ0n) is 11.5. The number of ether oxygens (including phenoxy) is 1. The molecular weight excluding hydrogens is 258 g/mol. The molecule has 0 saturated heterocycles. The summed E-state index contributed by atoms with van der Waals surface area (Å²) >= 11 is 0. The number of nitrogens with zero attached hydrogens (tertiary/aromatic N) is 2. The van der Waals surface area contributed by atoms with Gasteiger partial charge in [-0.15, -0.1) is 0 Å². The van der Waals surface area contributed by atoms with E-state index < -0.39 is 0 Å². The number of oxime groups is 1. The minimum atomic E-state index is 0.00973. The lowest BCUT2D eigenvalue weighted by Gasteiger charge is -2.20. The number of benzene rings is 1. The van der Waals surface area contributed by atoms with Gasteiger partial charge in [0.2, 0.25) is 0 Å². The molecular formula is C14H19N3O3. The molecule has 0 radical (unpaired) electrons. The Bertz CT molecular complexity index is 495. The fraction of sp³-hybridized carbons (Fsp3) is 0.429. The lowest BCUT2D eigenvalue weighted by atomic mass is 10.2. The number of carbonyl (C=O) groups is 1. The molecule has 6 nitrogen and oxygen atoms in total. The average Bonchev–Trinajstić information content (AvgIpc) is 3.30. The molecule has 1 saturated carbocycles. The minimum Gasteiger partial charge on any atom is -0.484 e. The first-order valence-electron chi connectivity index (χ1n) is 6.66. The van der Waals surface area contributed by atoms with E-state index in [0.29, 0.717) is 17.4 Å². The third-order valence-corrected chi connectivity index (χ3v) is 3.27. The highest BCUT2D eigenvalue weighted by Crippen LogP contribution is 2.26. The molecule has 0 spiro atoms. The highest BCUT2D eigenvalue weighted by molar-refractivity contribution is 5.97. The van der Waals surface area contributed by atoms with Crippen molar-refractivity contribution in [2.24, 2.45) is 10.9 Å². The molecule has 20 heavy (non-hydrogen) atoms. The number of hydrogen-bond donors (Lipinski definition) is 2. The Hall–Kier alpha value is -2.24. The Morgan fingerprint density at radius 3 is 2.60 bits per heavy atom. The molecule has 0 aromatic heterocycles. The van der Waals surface area contributed by atoms with Gasteiger partial charge in [-0.05, 0) is 44.0 Å². The van der Waals surface area contributed by atoms with Crippen LogP contribution in [0.15, 0.2) is 29.4 Å². The summed E-state index contributed by atoms with van der Waals surface area (Å²) < 4.78 is 5.46. The van der Waals surface area contributed by atoms with Crippen LogP contribution in [-0.4, -0.2) is 41.0 Å². The second kappa shape index (κ2) is 6.27. The van der Waals surface area contributed by atoms with E-state index in [9.17, 15) is 4.79 Å². The SMILES string of the molecule is CCN(C(=O)COc1ccc(/C(N)=N/O)cc1)C1CC1. The fourth-order valence-electron chi connectivity index (χ4n) is 2.03. The predicted molar refractivity (Wildman–Crippen MR) is 74.9 cm³/mol. The van der Waals surface area contributed by atoms with Crippen molar-refractivity contribution < 1.29 is 14.7 Å². The fourth-order valence-corrected chi connectivity index (χ4v) is 2.03. The molecule has 1 aromatic carbocycles. The van der Waals surface area contributed by atoms with Gasteiger partial charge in [0.1, 0.15) is 5.75 Å². The van der Waals surface area contributed by atoms with Crippen LogP contribution in [0.3, 0.4) is 0 Å². The Morgan fingerprint density at radius 2 is 2.10 bits per heavy atom. The molecule has 6 heteroatoms. The van der Waals surface area contributed by atoms with Crippen LogP contribution in [-0.2, 0) is 4.79 Å². The predicted octanol–water partition coefficient (Wildman–Crippen LogP) is 1.17. The molecule has 1 aliphatic carbocycles. The van der Waals surface area contributed by atoms with Crippen LogP contribution in [0.25, 0.3) is 0 Å². The quantitative estimate of drug-likeness (QED) is 0.353. The van der Waals surface area contributed by atoms with Gasteiger partial charge in [-0.3, -0.25) is 4.79 Å². The van der Waals surface area contributed by atoms with Crippen molar-refractivity contribution in [1.82, 2.24) is 4.90 Å². The number of carbonyl (C=O) groups excluding carboxylic acids is 1. The summed E-state index contributed by atoms with van der Waals surface area (Å²) in [6, 6.07) is 7.13. The van der Waals surface area contributed by atoms with Crippen molar-refractivity contribution in [1.29, 1.82) is 0 Å². The number of hydrogen-bond acceptors (Lipinski definition) is 4. The van der Waals surface area contributed by atoms with E-state index in [1.54, 1.807) is 24.3 Å². The molecule has 1 amide bonds. The van der Waals surface area contributed by atoms with Crippen LogP contribution in [0.2, 0.25) is 0 Å². The molecule has 0 aliphatic heterocycles. The van der Waals surface area contributed by atoms with E-state index >= 15 is 0 Å². The first-order valence-corrected chi connectivity index (χ1v) is 6.66. The summed E-state index contributed by atoms with van der Waals surface area (Å²) in [5, 5.41) is 11.5. The van der Waals surface area contributed by atoms with Crippen LogP contribution >= 0.6 is 0 Å². The summed E-state index contributed by atoms with van der Waals surface area (Å²) in [6.45, 7) is 2.73. The molecule has 3 N–H and O–H groups in total. The van der Waals surface area contributed by atoms with Gasteiger partial charge in [-0.25, -0.2) is 0 Å². The van der Waals surface area contributed by atoms with Crippen LogP contribution in [0.1, 0.15) is 25.3 Å². The van der Waals surface area contributed by atoms with Gasteiger partial charge in [0, 0.05) is 18.2 Å². The Kier molecular flexibility index (Phi) is 4.45. The van der Waals surface area contributed by atoms with Gasteiger partial charge >= 0.3 is 0 Å². The van der Waals surface area contributed by atoms with Crippen LogP contribution < -0.4 is 10.5 Å². The summed E-state index contributed by atoms with van der Waals surface area (Å²) in [5.74, 6) is 0.633. The third-order valence-electron chi connectivity index (χ3n) is 3.27. The standard InChI is InChI=1S/C14H19N3O3/c1-2-17(11-5-6-11)13(18)9-20-12-7-3-10(4-8-12)14(15)16-19/h3-4,7-8,11,19H,2,5-6,9H2,1H3,(H2,15,16). The molecule has 0 bridgehead atoms. The zero-order valence-corrected chi connectivity index (χ0v) is 11.5. The van der Waals surface area contributed by atoms with E-state index in [1.165, 1.54) is 0 Å². The lowest BCUT2D eigenvalue weighted by Crippen LogP contribution is -2.36. The number of rotatable bonds is 6. The number of amides is 1. The molecule has 108 valence electrons. The van der Waals surface area contributed by atoms with Gasteiger partial charge in [0.25, 0.3) is 5.91 Å². The topological polar surface area (TPSA) is 88.2 Å². The summed E-state index contributed by atoms with van der Waals surface area (Å²) in [7, 11) is 0. The van der Waals surface area contributed by atoms with Crippen molar-refractivity contribution in [2.75, 3.05) is 13.2 Å². The second-order valence-electron chi connectivity index (χ2n) is 4.71. The molecule has 1 fully saturated rings. The lowest BCUT2D eigenvalue weighted by molar-refractivity contribution is -0.133. The van der Waals surface area contributed by atoms with Crippen LogP contribution in [0, 0.1) is 0 Å². The van der Waals surface area contributed by atoms with Crippen molar-refractivity contribution in [3.05, 3.63) is 29.8 Å². The van der Waals surface area contributed by atoms with Crippen molar-refractivity contribution in [2.45, 2.75) is 25.8 Å². The molecule has 1 aromatic rings. The first-order chi connectivity index (χ1) is 9.65. The van der Waals surface area contributed by atoms with Crippen LogP contribution in [0.5, 0.6) is 5.75 Å². The van der Waals surface area contributed by atoms with Crippen LogP contribution in [0.4, 0.5) is 0 Å². The van der Waals surface area contributed by atoms with Gasteiger partial charge in [-0.1, -0.05) is 5.16 Å². The molecule has 1 aliphatic rings. The molecule has 2 rings (SSSR count).